The molecule has 0 bridgehead atoms. The molecule has 1 aliphatic rings. The smallest absolute Gasteiger partial charge is 0.276 e. The molecular formula is C27H23N3O3. The summed E-state index contributed by atoms with van der Waals surface area (Å²) in [5.74, 6) is -1.11. The Balaban J connectivity index is 1.67. The fourth-order valence-corrected chi connectivity index (χ4v) is 4.59. The summed E-state index contributed by atoms with van der Waals surface area (Å²) in [4.78, 5) is 27.3. The Labute approximate surface area is 191 Å². The Morgan fingerprint density at radius 1 is 0.848 bits per heavy atom. The molecule has 1 aromatic heterocycles. The van der Waals surface area contributed by atoms with E-state index >= 15 is 0 Å². The van der Waals surface area contributed by atoms with E-state index in [1.165, 1.54) is 4.68 Å². The molecule has 0 spiro atoms. The maximum Gasteiger partial charge on any atom is 0.276 e. The topological polar surface area (TPSA) is 75.4 Å². The highest BCUT2D eigenvalue weighted by atomic mass is 16.3. The molecule has 1 unspecified atom stereocenters. The highest BCUT2D eigenvalue weighted by Gasteiger charge is 2.39. The lowest BCUT2D eigenvalue weighted by molar-refractivity contribution is 0.0618. The fourth-order valence-electron chi connectivity index (χ4n) is 4.59. The molecule has 0 saturated heterocycles. The number of rotatable bonds is 5. The number of aromatic nitrogens is 2. The van der Waals surface area contributed by atoms with Crippen molar-refractivity contribution in [3.8, 4) is 5.75 Å². The van der Waals surface area contributed by atoms with Gasteiger partial charge in [0.1, 0.15) is 0 Å². The number of benzene rings is 3. The molecule has 1 amide bonds. The molecule has 0 fully saturated rings. The Hall–Kier alpha value is -4.19. The van der Waals surface area contributed by atoms with Gasteiger partial charge in [0.15, 0.2) is 11.4 Å². The van der Waals surface area contributed by atoms with Crippen molar-refractivity contribution in [2.45, 2.75) is 18.5 Å². The minimum atomic E-state index is -0.661. The highest BCUT2D eigenvalue weighted by Crippen LogP contribution is 2.39. The number of hydrogen-bond donors (Lipinski definition) is 1. The SMILES string of the molecule is O=C1c2c(O)c(=O)cnn2C(C(c2ccccc2)c2ccccc2)CN1Cc1ccccc1. The van der Waals surface area contributed by atoms with Gasteiger partial charge in [0.05, 0.1) is 12.2 Å². The number of nitrogens with zero attached hydrogens (tertiary/aromatic N) is 3. The number of carbonyl (C=O) groups is 1. The van der Waals surface area contributed by atoms with Crippen LogP contribution < -0.4 is 5.43 Å². The number of hydrogen-bond acceptors (Lipinski definition) is 4. The molecule has 0 radical (unpaired) electrons. The number of amides is 1. The quantitative estimate of drug-likeness (QED) is 0.513. The molecule has 5 rings (SSSR count). The van der Waals surface area contributed by atoms with E-state index in [1.807, 2.05) is 66.7 Å². The predicted octanol–water partition coefficient (Wildman–Crippen LogP) is 3.98. The number of aromatic hydroxyl groups is 1. The maximum atomic E-state index is 13.4. The first-order chi connectivity index (χ1) is 16.1. The summed E-state index contributed by atoms with van der Waals surface area (Å²) in [5.41, 5.74) is 2.37. The largest absolute Gasteiger partial charge is 0.502 e. The van der Waals surface area contributed by atoms with Crippen LogP contribution in [-0.4, -0.2) is 32.2 Å². The summed E-state index contributed by atoms with van der Waals surface area (Å²) in [7, 11) is 0. The van der Waals surface area contributed by atoms with Crippen LogP contribution in [0, 0.1) is 0 Å². The first-order valence-electron chi connectivity index (χ1n) is 10.9. The summed E-state index contributed by atoms with van der Waals surface area (Å²) in [5, 5.41) is 14.9. The molecule has 164 valence electrons. The van der Waals surface area contributed by atoms with E-state index < -0.39 is 17.1 Å². The van der Waals surface area contributed by atoms with E-state index in [0.29, 0.717) is 13.1 Å². The van der Waals surface area contributed by atoms with Gasteiger partial charge < -0.3 is 10.0 Å². The summed E-state index contributed by atoms with van der Waals surface area (Å²) in [6.45, 7) is 0.749. The van der Waals surface area contributed by atoms with Gasteiger partial charge in [0.25, 0.3) is 5.91 Å². The second-order valence-electron chi connectivity index (χ2n) is 8.19. The van der Waals surface area contributed by atoms with Crippen molar-refractivity contribution in [2.24, 2.45) is 0 Å². The average molecular weight is 437 g/mol. The van der Waals surface area contributed by atoms with Crippen molar-refractivity contribution < 1.29 is 9.90 Å². The zero-order valence-corrected chi connectivity index (χ0v) is 17.9. The molecule has 0 aliphatic carbocycles. The van der Waals surface area contributed by atoms with Crippen LogP contribution in [0.3, 0.4) is 0 Å². The van der Waals surface area contributed by atoms with Gasteiger partial charge in [-0.15, -0.1) is 0 Å². The molecule has 3 aromatic carbocycles. The maximum absolute atomic E-state index is 13.4. The second-order valence-corrected chi connectivity index (χ2v) is 8.19. The Bertz CT molecular complexity index is 1280. The predicted molar refractivity (Wildman–Crippen MR) is 125 cm³/mol. The average Bonchev–Trinajstić information content (AvgIpc) is 2.86. The van der Waals surface area contributed by atoms with Gasteiger partial charge in [-0.2, -0.15) is 5.10 Å². The monoisotopic (exact) mass is 437 g/mol. The molecule has 4 aromatic rings. The number of carbonyl (C=O) groups excluding carboxylic acids is 1. The molecule has 6 nitrogen and oxygen atoms in total. The minimum Gasteiger partial charge on any atom is -0.502 e. The third-order valence-corrected chi connectivity index (χ3v) is 6.12. The lowest BCUT2D eigenvalue weighted by Gasteiger charge is -2.39. The third-order valence-electron chi connectivity index (χ3n) is 6.12. The first-order valence-corrected chi connectivity index (χ1v) is 10.9. The highest BCUT2D eigenvalue weighted by molar-refractivity contribution is 5.95. The van der Waals surface area contributed by atoms with Gasteiger partial charge >= 0.3 is 0 Å². The summed E-state index contributed by atoms with van der Waals surface area (Å²) in [6.07, 6.45) is 1.08. The Morgan fingerprint density at radius 3 is 1.97 bits per heavy atom. The Kier molecular flexibility index (Phi) is 5.48. The van der Waals surface area contributed by atoms with Crippen LogP contribution in [0.25, 0.3) is 0 Å². The number of fused-ring (bicyclic) bond motifs is 1. The second kappa shape index (κ2) is 8.74. The summed E-state index contributed by atoms with van der Waals surface area (Å²) < 4.78 is 1.53. The van der Waals surface area contributed by atoms with E-state index in [4.69, 9.17) is 0 Å². The molecule has 1 atom stereocenters. The van der Waals surface area contributed by atoms with Gasteiger partial charge in [-0.05, 0) is 16.7 Å². The van der Waals surface area contributed by atoms with E-state index in [-0.39, 0.29) is 17.7 Å². The van der Waals surface area contributed by atoms with Crippen molar-refractivity contribution in [1.82, 2.24) is 14.7 Å². The molecule has 6 heteroatoms. The van der Waals surface area contributed by atoms with Crippen LogP contribution in [0.5, 0.6) is 5.75 Å². The minimum absolute atomic E-state index is 0.0634. The van der Waals surface area contributed by atoms with Crippen molar-refractivity contribution in [2.75, 3.05) is 6.54 Å². The van der Waals surface area contributed by atoms with Crippen LogP contribution in [0.2, 0.25) is 0 Å². The lowest BCUT2D eigenvalue weighted by atomic mass is 9.83. The van der Waals surface area contributed by atoms with Crippen LogP contribution in [0.1, 0.15) is 39.1 Å². The molecular weight excluding hydrogens is 414 g/mol. The summed E-state index contributed by atoms with van der Waals surface area (Å²) >= 11 is 0. The van der Waals surface area contributed by atoms with Gasteiger partial charge in [-0.3, -0.25) is 14.3 Å². The molecule has 1 aliphatic heterocycles. The van der Waals surface area contributed by atoms with Crippen molar-refractivity contribution in [3.63, 3.8) is 0 Å². The first kappa shape index (κ1) is 20.7. The zero-order valence-electron chi connectivity index (χ0n) is 17.9. The Morgan fingerprint density at radius 2 is 1.39 bits per heavy atom. The van der Waals surface area contributed by atoms with Crippen LogP contribution in [0.4, 0.5) is 0 Å². The van der Waals surface area contributed by atoms with Crippen molar-refractivity contribution in [1.29, 1.82) is 0 Å². The van der Waals surface area contributed by atoms with Gasteiger partial charge in [-0.25, -0.2) is 0 Å². The van der Waals surface area contributed by atoms with E-state index in [2.05, 4.69) is 29.4 Å². The van der Waals surface area contributed by atoms with Crippen LogP contribution in [0.15, 0.2) is 102 Å². The van der Waals surface area contributed by atoms with E-state index in [1.54, 1.807) is 4.90 Å². The zero-order chi connectivity index (χ0) is 22.8. The van der Waals surface area contributed by atoms with Gasteiger partial charge in [0, 0.05) is 19.0 Å². The molecule has 1 N–H and O–H groups in total. The normalized spacial score (nSPS) is 15.5. The van der Waals surface area contributed by atoms with Gasteiger partial charge in [-0.1, -0.05) is 91.0 Å². The van der Waals surface area contributed by atoms with Crippen LogP contribution in [-0.2, 0) is 6.54 Å². The lowest BCUT2D eigenvalue weighted by Crippen LogP contribution is -2.46. The van der Waals surface area contributed by atoms with Crippen molar-refractivity contribution >= 4 is 5.91 Å². The molecule has 0 saturated carbocycles. The van der Waals surface area contributed by atoms with Gasteiger partial charge in [0.2, 0.25) is 5.43 Å². The summed E-state index contributed by atoms with van der Waals surface area (Å²) in [6, 6.07) is 29.5. The third kappa shape index (κ3) is 3.91. The standard InChI is InChI=1S/C27H23N3O3/c31-23-16-28-30-22(24(20-12-6-2-7-13-20)21-14-8-3-9-15-21)18-29(27(33)25(30)26(23)32)17-19-10-4-1-5-11-19/h1-16,22,24,32H,17-18H2. The van der Waals surface area contributed by atoms with Crippen LogP contribution >= 0.6 is 0 Å². The molecule has 2 heterocycles. The fraction of sp³-hybridized carbons (Fsp3) is 0.148. The van der Waals surface area contributed by atoms with E-state index in [0.717, 1.165) is 22.9 Å². The molecule has 33 heavy (non-hydrogen) atoms. The van der Waals surface area contributed by atoms with Crippen molar-refractivity contribution in [3.05, 3.63) is 130 Å². The van der Waals surface area contributed by atoms with E-state index in [9.17, 15) is 14.7 Å².